The van der Waals surface area contributed by atoms with Gasteiger partial charge in [0.2, 0.25) is 25.0 Å². The lowest BCUT2D eigenvalue weighted by atomic mass is 9.47. The van der Waals surface area contributed by atoms with Gasteiger partial charge in [0.05, 0.1) is 18.5 Å². The Morgan fingerprint density at radius 3 is 1.68 bits per heavy atom. The molecule has 9 heteroatoms. The molecule has 3 saturated carbocycles. The van der Waals surface area contributed by atoms with Crippen molar-refractivity contribution in [2.24, 2.45) is 40.4 Å². The van der Waals surface area contributed by atoms with Gasteiger partial charge in [0.25, 0.3) is 0 Å². The molecule has 0 N–H and O–H groups in total. The van der Waals surface area contributed by atoms with E-state index in [-0.39, 0.29) is 35.8 Å². The van der Waals surface area contributed by atoms with E-state index in [1.165, 1.54) is 32.1 Å². The van der Waals surface area contributed by atoms with Gasteiger partial charge in [-0.25, -0.2) is 0 Å². The van der Waals surface area contributed by atoms with Crippen LogP contribution in [0, 0.1) is 40.4 Å². The maximum absolute atomic E-state index is 11.9. The normalized spacial score (nSPS) is 32.7. The number of carbonyl (C=O) groups is 1. The predicted molar refractivity (Wildman–Crippen MR) is 286 cm³/mol. The monoisotopic (exact) mass is 971 g/mol. The minimum absolute atomic E-state index is 0.0496. The molecular weight excluding hydrogens is 865 g/mol. The lowest BCUT2D eigenvalue weighted by Crippen LogP contribution is -2.61. The number of esters is 1. The van der Waals surface area contributed by atoms with E-state index < -0.39 is 25.0 Å². The van der Waals surface area contributed by atoms with Gasteiger partial charge in [-0.15, -0.1) is 0 Å². The van der Waals surface area contributed by atoms with E-state index in [9.17, 15) is 4.79 Å². The van der Waals surface area contributed by atoms with Gasteiger partial charge in [-0.2, -0.15) is 0 Å². The lowest BCUT2D eigenvalue weighted by molar-refractivity contribution is -0.148. The Morgan fingerprint density at radius 1 is 0.667 bits per heavy atom. The molecule has 5 rings (SSSR count). The first-order valence-corrected chi connectivity index (χ1v) is 34.2. The summed E-state index contributed by atoms with van der Waals surface area (Å²) in [6.07, 6.45) is 14.9. The van der Waals surface area contributed by atoms with Crippen molar-refractivity contribution < 1.29 is 27.5 Å². The zero-order valence-corrected chi connectivity index (χ0v) is 50.1. The third kappa shape index (κ3) is 10.2. The quantitative estimate of drug-likeness (QED) is 0.0688. The molecule has 382 valence electrons. The summed E-state index contributed by atoms with van der Waals surface area (Å²) in [6.45, 7) is 53.5. The van der Waals surface area contributed by atoms with Gasteiger partial charge < -0.3 is 22.8 Å². The zero-order valence-electron chi connectivity index (χ0n) is 47.1. The minimum Gasteiger partial charge on any atom is -0.490 e. The van der Waals surface area contributed by atoms with Crippen molar-refractivity contribution in [3.05, 3.63) is 23.5 Å². The summed E-state index contributed by atoms with van der Waals surface area (Å²) >= 11 is 0. The van der Waals surface area contributed by atoms with Gasteiger partial charge in [-0.3, -0.25) is 4.79 Å². The molecule has 6 nitrogen and oxygen atoms in total. The number of ether oxygens (including phenoxy) is 2. The first kappa shape index (κ1) is 56.2. The second-order valence-corrected chi connectivity index (χ2v) is 42.6. The molecule has 11 atom stereocenters. The van der Waals surface area contributed by atoms with Gasteiger partial charge in [0.1, 0.15) is 18.3 Å². The number of allylic oxidation sites excluding steroid dienone is 2. The maximum atomic E-state index is 11.9. The Morgan fingerprint density at radius 2 is 1.18 bits per heavy atom. The number of rotatable bonds is 20. The highest BCUT2D eigenvalue weighted by molar-refractivity contribution is 6.78. The highest BCUT2D eigenvalue weighted by Gasteiger charge is 2.60. The average molecular weight is 972 g/mol. The fraction of sp³-hybridized carbons (Fsp3) is 0.912. The number of hydrogen-bond donors (Lipinski definition) is 0. The molecule has 3 fully saturated rings. The molecule has 4 aliphatic carbocycles. The Balaban J connectivity index is 1.55. The van der Waals surface area contributed by atoms with Crippen molar-refractivity contribution in [1.29, 1.82) is 0 Å². The topological polar surface area (TPSA) is 63.2 Å². The van der Waals surface area contributed by atoms with Crippen LogP contribution >= 0.6 is 0 Å². The van der Waals surface area contributed by atoms with Crippen molar-refractivity contribution in [1.82, 2.24) is 0 Å². The molecule has 66 heavy (non-hydrogen) atoms. The Bertz CT molecular complexity index is 1620. The third-order valence-corrected chi connectivity index (χ3v) is 38.6. The second-order valence-electron chi connectivity index (χ2n) is 26.4. The Kier molecular flexibility index (Phi) is 18.4. The van der Waals surface area contributed by atoms with E-state index >= 15 is 0 Å². The maximum Gasteiger partial charge on any atom is 0.302 e. The predicted octanol–water partition coefficient (Wildman–Crippen LogP) is 17.1. The summed E-state index contributed by atoms with van der Waals surface area (Å²) in [5.41, 5.74) is 6.28. The first-order chi connectivity index (χ1) is 30.6. The molecular formula is C57H106O6Si3. The third-order valence-electron chi connectivity index (χ3n) is 20.3. The molecule has 0 bridgehead atoms. The molecule has 0 aromatic rings. The van der Waals surface area contributed by atoms with Crippen molar-refractivity contribution in [2.75, 3.05) is 6.61 Å². The van der Waals surface area contributed by atoms with Crippen LogP contribution in [0.15, 0.2) is 23.5 Å². The summed E-state index contributed by atoms with van der Waals surface area (Å²) in [7, 11) is -6.97. The number of carbonyl (C=O) groups excluding carboxylic acids is 1. The molecule has 0 aromatic carbocycles. The smallest absolute Gasteiger partial charge is 0.302 e. The van der Waals surface area contributed by atoms with Crippen LogP contribution in [-0.4, -0.2) is 61.9 Å². The van der Waals surface area contributed by atoms with Gasteiger partial charge in [-0.05, 0) is 141 Å². The molecule has 1 unspecified atom stereocenters. The van der Waals surface area contributed by atoms with Crippen LogP contribution in [0.25, 0.3) is 0 Å². The van der Waals surface area contributed by atoms with E-state index in [4.69, 9.17) is 22.8 Å². The number of hydrogen-bond acceptors (Lipinski definition) is 6. The Hall–Kier alpha value is -0.719. The molecule has 5 aliphatic rings. The van der Waals surface area contributed by atoms with Crippen LogP contribution in [0.1, 0.15) is 210 Å². The number of fused-ring (bicyclic) bond motifs is 5. The largest absolute Gasteiger partial charge is 0.490 e. The van der Waals surface area contributed by atoms with Crippen LogP contribution < -0.4 is 0 Å². The van der Waals surface area contributed by atoms with E-state index in [0.29, 0.717) is 73.7 Å². The van der Waals surface area contributed by atoms with Gasteiger partial charge >= 0.3 is 5.97 Å². The molecule has 0 amide bonds. The Labute approximate surface area is 411 Å². The van der Waals surface area contributed by atoms with E-state index in [2.05, 4.69) is 158 Å². The van der Waals surface area contributed by atoms with Crippen molar-refractivity contribution in [3.8, 4) is 0 Å². The minimum atomic E-state index is -2.38. The van der Waals surface area contributed by atoms with Crippen LogP contribution in [0.4, 0.5) is 0 Å². The fourth-order valence-electron chi connectivity index (χ4n) is 17.7. The summed E-state index contributed by atoms with van der Waals surface area (Å²) < 4.78 is 37.1. The van der Waals surface area contributed by atoms with E-state index in [1.807, 2.05) is 0 Å². The van der Waals surface area contributed by atoms with Gasteiger partial charge in [-0.1, -0.05) is 157 Å². The molecule has 0 radical (unpaired) electrons. The molecule has 1 heterocycles. The van der Waals surface area contributed by atoms with Crippen molar-refractivity contribution in [3.63, 3.8) is 0 Å². The van der Waals surface area contributed by atoms with E-state index in [1.54, 1.807) is 12.5 Å². The van der Waals surface area contributed by atoms with Gasteiger partial charge in [0, 0.05) is 19.8 Å². The summed E-state index contributed by atoms with van der Waals surface area (Å²) in [5.74, 6) is 4.34. The van der Waals surface area contributed by atoms with Crippen molar-refractivity contribution >= 4 is 30.9 Å². The standard InChI is InChI=1S/C57H106O6Si3/c1-35(2)64(36(3)4,37(5)6)59-34-54-55(63-66(41(13)14,42(15)16)43(17)18)53(62-65(38(7)8,39(9)10)40(11)12)33-48(61-54)31-44(19)50-25-26-51-49-24-23-46-32-47(60-45(20)58)27-29-56(46,21)52(49)28-30-57(50,51)22/h23,33,35-44,47,49-55H,24-32,34H2,1-22H3/t44-,47-,49-,50+,51-,52-,53+,54?,55-,56-,57+/m0/s1. The second kappa shape index (κ2) is 21.6. The highest BCUT2D eigenvalue weighted by atomic mass is 28.4. The van der Waals surface area contributed by atoms with Crippen LogP contribution in [0.5, 0.6) is 0 Å². The average Bonchev–Trinajstić information content (AvgIpc) is 3.55. The molecule has 1 aliphatic heterocycles. The van der Waals surface area contributed by atoms with Crippen LogP contribution in [0.2, 0.25) is 49.9 Å². The fourth-order valence-corrected chi connectivity index (χ4v) is 34.2. The van der Waals surface area contributed by atoms with E-state index in [0.717, 1.165) is 49.2 Å². The summed E-state index contributed by atoms with van der Waals surface area (Å²) in [5, 5.41) is 0. The highest BCUT2D eigenvalue weighted by Crippen LogP contribution is 2.67. The van der Waals surface area contributed by atoms with Crippen LogP contribution in [0.3, 0.4) is 0 Å². The molecule has 0 aromatic heterocycles. The zero-order chi connectivity index (χ0) is 49.6. The first-order valence-electron chi connectivity index (χ1n) is 27.8. The van der Waals surface area contributed by atoms with Gasteiger partial charge in [0.15, 0.2) is 0 Å². The molecule has 0 saturated heterocycles. The summed E-state index contributed by atoms with van der Waals surface area (Å²) in [4.78, 5) is 11.9. The SMILES string of the molecule is CC(=O)O[C@H]1CC[C@@]2(C)C(=CC[C@H]3[C@@H]4CC[C@H]([C@@H](C)CC5=C[C@@H](O[Si](C(C)C)(C(C)C)C(C)C)[C@H](O[Si](C(C)C)(C(C)C)C(C)C)C(CO[Si](C(C)C)(C(C)C)C(C)C)O5)[C@@]4(C)CC[C@@H]32)C1. The van der Waals surface area contributed by atoms with Crippen LogP contribution in [-0.2, 0) is 27.5 Å². The molecule has 0 spiro atoms. The summed E-state index contributed by atoms with van der Waals surface area (Å²) in [6, 6.07) is 0. The lowest BCUT2D eigenvalue weighted by Gasteiger charge is -2.58. The van der Waals surface area contributed by atoms with Crippen molar-refractivity contribution in [2.45, 2.75) is 284 Å².